The molecule has 3 heteroatoms. The number of hydrogen-bond donors (Lipinski definition) is 2. The van der Waals surface area contributed by atoms with Gasteiger partial charge in [-0.1, -0.05) is 103 Å². The normalized spacial score (nSPS) is 11.8. The van der Waals surface area contributed by atoms with Gasteiger partial charge in [0.05, 0.1) is 11.0 Å². The molecule has 0 aliphatic carbocycles. The highest BCUT2D eigenvalue weighted by atomic mass is 15.0. The molecule has 3 rings (SSSR count). The summed E-state index contributed by atoms with van der Waals surface area (Å²) in [6.07, 6.45) is 18.6. The summed E-state index contributed by atoms with van der Waals surface area (Å²) in [5.41, 5.74) is 16.7. The van der Waals surface area contributed by atoms with Crippen molar-refractivity contribution in [2.45, 2.75) is 110 Å². The zero-order valence-electron chi connectivity index (χ0n) is 20.5. The van der Waals surface area contributed by atoms with Crippen LogP contribution in [0.2, 0.25) is 0 Å². The lowest BCUT2D eigenvalue weighted by Gasteiger charge is -2.22. The van der Waals surface area contributed by atoms with E-state index in [9.17, 15) is 0 Å². The van der Waals surface area contributed by atoms with Crippen molar-refractivity contribution in [3.8, 4) is 0 Å². The van der Waals surface area contributed by atoms with E-state index < -0.39 is 0 Å². The maximum absolute atomic E-state index is 6.24. The molecular formula is C29H45N3. The largest absolute Gasteiger partial charge is 0.399 e. The van der Waals surface area contributed by atoms with Gasteiger partial charge in [-0.15, -0.1) is 0 Å². The Labute approximate surface area is 195 Å². The average molecular weight is 436 g/mol. The first-order valence-corrected chi connectivity index (χ1v) is 13.2. The Kier molecular flexibility index (Phi) is 9.77. The van der Waals surface area contributed by atoms with Crippen LogP contribution in [0.1, 0.15) is 110 Å². The van der Waals surface area contributed by atoms with Crippen molar-refractivity contribution in [1.82, 2.24) is 4.57 Å². The van der Waals surface area contributed by atoms with Crippen molar-refractivity contribution in [1.29, 1.82) is 0 Å². The highest BCUT2D eigenvalue weighted by molar-refractivity contribution is 6.09. The number of fused-ring (bicyclic) bond motifs is 3. The molecule has 3 nitrogen and oxygen atoms in total. The van der Waals surface area contributed by atoms with E-state index in [-0.39, 0.29) is 0 Å². The lowest BCUT2D eigenvalue weighted by atomic mass is 9.99. The average Bonchev–Trinajstić information content (AvgIpc) is 3.09. The molecule has 0 saturated carbocycles. The topological polar surface area (TPSA) is 57.0 Å². The van der Waals surface area contributed by atoms with Gasteiger partial charge in [0.2, 0.25) is 0 Å². The molecule has 3 aromatic rings. The Balaban J connectivity index is 1.84. The van der Waals surface area contributed by atoms with Crippen molar-refractivity contribution in [3.05, 3.63) is 36.4 Å². The van der Waals surface area contributed by atoms with E-state index in [1.807, 2.05) is 12.1 Å². The fourth-order valence-electron chi connectivity index (χ4n) is 5.20. The Morgan fingerprint density at radius 3 is 1.44 bits per heavy atom. The molecule has 32 heavy (non-hydrogen) atoms. The van der Waals surface area contributed by atoms with Gasteiger partial charge in [0, 0.05) is 28.2 Å². The molecule has 0 saturated heterocycles. The first kappa shape index (κ1) is 24.5. The predicted molar refractivity (Wildman–Crippen MR) is 143 cm³/mol. The molecule has 0 amide bonds. The number of anilines is 2. The van der Waals surface area contributed by atoms with Gasteiger partial charge in [-0.05, 0) is 37.1 Å². The molecule has 0 aliphatic heterocycles. The maximum atomic E-state index is 6.24. The molecular weight excluding hydrogens is 390 g/mol. The van der Waals surface area contributed by atoms with Crippen LogP contribution >= 0.6 is 0 Å². The summed E-state index contributed by atoms with van der Waals surface area (Å²) in [4.78, 5) is 0. The zero-order valence-corrected chi connectivity index (χ0v) is 20.5. The monoisotopic (exact) mass is 435 g/mol. The van der Waals surface area contributed by atoms with Crippen LogP contribution < -0.4 is 11.5 Å². The van der Waals surface area contributed by atoms with Crippen LogP contribution in [0.4, 0.5) is 11.4 Å². The summed E-state index contributed by atoms with van der Waals surface area (Å²) in [6, 6.07) is 13.3. The molecule has 176 valence electrons. The van der Waals surface area contributed by atoms with Crippen LogP contribution in [0.25, 0.3) is 21.8 Å². The number of nitrogens with zero attached hydrogens (tertiary/aromatic N) is 1. The molecule has 0 atom stereocenters. The van der Waals surface area contributed by atoms with E-state index in [1.54, 1.807) is 0 Å². The van der Waals surface area contributed by atoms with Gasteiger partial charge in [-0.25, -0.2) is 0 Å². The Morgan fingerprint density at radius 1 is 0.594 bits per heavy atom. The van der Waals surface area contributed by atoms with E-state index >= 15 is 0 Å². The van der Waals surface area contributed by atoms with Crippen LogP contribution in [-0.4, -0.2) is 4.57 Å². The molecule has 0 radical (unpaired) electrons. The molecule has 0 unspecified atom stereocenters. The maximum Gasteiger partial charge on any atom is 0.0514 e. The molecule has 4 N–H and O–H groups in total. The summed E-state index contributed by atoms with van der Waals surface area (Å²) in [5, 5.41) is 2.59. The number of rotatable bonds is 15. The SMILES string of the molecule is CCCCCCCCC(CCCCCCCC)n1c2cc(N)ccc2c2ccc(N)cc21. The lowest BCUT2D eigenvalue weighted by molar-refractivity contribution is 0.410. The highest BCUT2D eigenvalue weighted by Crippen LogP contribution is 2.37. The minimum atomic E-state index is 0.510. The molecule has 0 spiro atoms. The van der Waals surface area contributed by atoms with E-state index in [0.717, 1.165) is 11.4 Å². The fourth-order valence-corrected chi connectivity index (χ4v) is 5.20. The second-order valence-corrected chi connectivity index (χ2v) is 9.69. The summed E-state index contributed by atoms with van der Waals surface area (Å²) in [6.45, 7) is 4.58. The van der Waals surface area contributed by atoms with Crippen molar-refractivity contribution >= 4 is 33.2 Å². The van der Waals surface area contributed by atoms with Gasteiger partial charge in [0.1, 0.15) is 0 Å². The van der Waals surface area contributed by atoms with Crippen molar-refractivity contribution in [3.63, 3.8) is 0 Å². The Hall–Kier alpha value is -2.16. The number of nitrogen functional groups attached to an aromatic ring is 2. The van der Waals surface area contributed by atoms with Crippen LogP contribution in [0.3, 0.4) is 0 Å². The first-order chi connectivity index (χ1) is 15.7. The van der Waals surface area contributed by atoms with Crippen molar-refractivity contribution < 1.29 is 0 Å². The third-order valence-corrected chi connectivity index (χ3v) is 7.00. The first-order valence-electron chi connectivity index (χ1n) is 13.2. The Bertz CT molecular complexity index is 881. The van der Waals surface area contributed by atoms with Crippen molar-refractivity contribution in [2.24, 2.45) is 0 Å². The van der Waals surface area contributed by atoms with Crippen LogP contribution in [-0.2, 0) is 0 Å². The quantitative estimate of drug-likeness (QED) is 0.185. The highest BCUT2D eigenvalue weighted by Gasteiger charge is 2.19. The molecule has 1 heterocycles. The van der Waals surface area contributed by atoms with E-state index in [0.29, 0.717) is 6.04 Å². The fraction of sp³-hybridized carbons (Fsp3) is 0.586. The standard InChI is InChI=1S/C29H45N3/c1-3-5-7-9-11-13-15-25(16-14-12-10-8-6-4-2)32-28-21-23(30)17-19-26(28)27-20-18-24(31)22-29(27)32/h17-22,25H,3-16,30-31H2,1-2H3. The lowest BCUT2D eigenvalue weighted by Crippen LogP contribution is -2.10. The summed E-state index contributed by atoms with van der Waals surface area (Å²) >= 11 is 0. The molecule has 1 aromatic heterocycles. The third-order valence-electron chi connectivity index (χ3n) is 7.00. The summed E-state index contributed by atoms with van der Waals surface area (Å²) < 4.78 is 2.58. The van der Waals surface area contributed by atoms with E-state index in [2.05, 4.69) is 42.7 Å². The molecule has 0 fully saturated rings. The smallest absolute Gasteiger partial charge is 0.0514 e. The Morgan fingerprint density at radius 2 is 1.00 bits per heavy atom. The van der Waals surface area contributed by atoms with Gasteiger partial charge in [-0.3, -0.25) is 0 Å². The van der Waals surface area contributed by atoms with E-state index in [4.69, 9.17) is 11.5 Å². The van der Waals surface area contributed by atoms with Crippen LogP contribution in [0.5, 0.6) is 0 Å². The number of aromatic nitrogens is 1. The van der Waals surface area contributed by atoms with Crippen LogP contribution in [0.15, 0.2) is 36.4 Å². The van der Waals surface area contributed by atoms with Gasteiger partial charge < -0.3 is 16.0 Å². The second-order valence-electron chi connectivity index (χ2n) is 9.69. The molecule has 2 aromatic carbocycles. The van der Waals surface area contributed by atoms with Crippen LogP contribution in [0, 0.1) is 0 Å². The summed E-state index contributed by atoms with van der Waals surface area (Å²) in [5.74, 6) is 0. The van der Waals surface area contributed by atoms with Crippen molar-refractivity contribution in [2.75, 3.05) is 11.5 Å². The predicted octanol–water partition coefficient (Wildman–Crippen LogP) is 9.00. The van der Waals surface area contributed by atoms with Gasteiger partial charge in [0.25, 0.3) is 0 Å². The number of unbranched alkanes of at least 4 members (excludes halogenated alkanes) is 10. The van der Waals surface area contributed by atoms with Gasteiger partial charge in [0.15, 0.2) is 0 Å². The van der Waals surface area contributed by atoms with Gasteiger partial charge >= 0.3 is 0 Å². The minimum absolute atomic E-state index is 0.510. The summed E-state index contributed by atoms with van der Waals surface area (Å²) in [7, 11) is 0. The number of hydrogen-bond acceptors (Lipinski definition) is 2. The second kappa shape index (κ2) is 12.8. The molecule has 0 aliphatic rings. The molecule has 0 bridgehead atoms. The number of nitrogens with two attached hydrogens (primary N) is 2. The third kappa shape index (κ3) is 6.43. The van der Waals surface area contributed by atoms with Gasteiger partial charge in [-0.2, -0.15) is 0 Å². The minimum Gasteiger partial charge on any atom is -0.399 e. The van der Waals surface area contributed by atoms with E-state index in [1.165, 1.54) is 112 Å². The number of benzene rings is 2. The zero-order chi connectivity index (χ0) is 22.8.